The molecule has 3 heteroatoms. The maximum absolute atomic E-state index is 5.52. The Morgan fingerprint density at radius 1 is 0.875 bits per heavy atom. The van der Waals surface area contributed by atoms with Crippen molar-refractivity contribution in [2.45, 2.75) is 78.1 Å². The molecule has 0 bridgehead atoms. The van der Waals surface area contributed by atoms with Gasteiger partial charge in [0.2, 0.25) is 0 Å². The molecule has 0 amide bonds. The average molecular weight is 398 g/mol. The van der Waals surface area contributed by atoms with Crippen molar-refractivity contribution in [1.29, 1.82) is 0 Å². The highest BCUT2D eigenvalue weighted by Gasteiger charge is 2.03. The summed E-state index contributed by atoms with van der Waals surface area (Å²) in [5.41, 5.74) is 2.77. The second kappa shape index (κ2) is 14.8. The molecule has 0 saturated heterocycles. The maximum atomic E-state index is 5.52. The molecular formula is C21H36BrNO. The molecular weight excluding hydrogens is 362 g/mol. The molecule has 1 aromatic carbocycles. The lowest BCUT2D eigenvalue weighted by molar-refractivity contribution is 0.130. The van der Waals surface area contributed by atoms with Crippen molar-refractivity contribution in [3.05, 3.63) is 28.2 Å². The van der Waals surface area contributed by atoms with E-state index in [4.69, 9.17) is 4.74 Å². The van der Waals surface area contributed by atoms with Gasteiger partial charge in [-0.25, -0.2) is 0 Å². The van der Waals surface area contributed by atoms with Gasteiger partial charge in [0, 0.05) is 29.9 Å². The third-order valence-corrected chi connectivity index (χ3v) is 4.74. The summed E-state index contributed by atoms with van der Waals surface area (Å²) in [7, 11) is 0. The van der Waals surface area contributed by atoms with Gasteiger partial charge in [0.05, 0.1) is 0 Å². The number of halogens is 1. The van der Waals surface area contributed by atoms with Crippen LogP contribution in [0.5, 0.6) is 0 Å². The number of hydrogen-bond donors (Lipinski definition) is 1. The zero-order valence-electron chi connectivity index (χ0n) is 15.7. The van der Waals surface area contributed by atoms with Crippen LogP contribution in [0.1, 0.15) is 77.2 Å². The predicted molar refractivity (Wildman–Crippen MR) is 110 cm³/mol. The highest BCUT2D eigenvalue weighted by molar-refractivity contribution is 9.10. The third kappa shape index (κ3) is 10.4. The number of rotatable bonds is 15. The van der Waals surface area contributed by atoms with Gasteiger partial charge in [-0.15, -0.1) is 0 Å². The minimum atomic E-state index is 0.914. The highest BCUT2D eigenvalue weighted by Crippen LogP contribution is 2.23. The van der Waals surface area contributed by atoms with Gasteiger partial charge in [-0.2, -0.15) is 0 Å². The number of nitrogens with one attached hydrogen (secondary N) is 1. The molecule has 1 N–H and O–H groups in total. The molecule has 0 aliphatic carbocycles. The maximum Gasteiger partial charge on any atom is 0.0466 e. The zero-order chi connectivity index (χ0) is 17.5. The van der Waals surface area contributed by atoms with Gasteiger partial charge in [-0.3, -0.25) is 0 Å². The van der Waals surface area contributed by atoms with Gasteiger partial charge in [-0.1, -0.05) is 61.9 Å². The van der Waals surface area contributed by atoms with E-state index in [9.17, 15) is 0 Å². The number of unbranched alkanes of at least 4 members (excludes halogenated alkanes) is 6. The van der Waals surface area contributed by atoms with Crippen LogP contribution >= 0.6 is 15.9 Å². The summed E-state index contributed by atoms with van der Waals surface area (Å²) in [5.74, 6) is 0. The van der Waals surface area contributed by atoms with Crippen LogP contribution in [0.2, 0.25) is 0 Å². The van der Waals surface area contributed by atoms with Crippen LogP contribution in [0.15, 0.2) is 22.7 Å². The number of aryl methyl sites for hydroxylation is 1. The molecule has 1 aromatic rings. The molecule has 0 aliphatic heterocycles. The van der Waals surface area contributed by atoms with Gasteiger partial charge in [0.25, 0.3) is 0 Å². The summed E-state index contributed by atoms with van der Waals surface area (Å²) in [6.07, 6.45) is 12.6. The zero-order valence-corrected chi connectivity index (χ0v) is 17.3. The van der Waals surface area contributed by atoms with Crippen LogP contribution in [0.4, 0.5) is 5.69 Å². The molecule has 138 valence electrons. The van der Waals surface area contributed by atoms with E-state index in [1.165, 1.54) is 73.5 Å². The summed E-state index contributed by atoms with van der Waals surface area (Å²) < 4.78 is 6.70. The second-order valence-corrected chi connectivity index (χ2v) is 7.48. The Bertz CT molecular complexity index is 422. The minimum absolute atomic E-state index is 0.914. The van der Waals surface area contributed by atoms with Crippen LogP contribution in [0, 0.1) is 0 Å². The Morgan fingerprint density at radius 3 is 2.46 bits per heavy atom. The van der Waals surface area contributed by atoms with E-state index >= 15 is 0 Å². The number of anilines is 1. The first-order valence-corrected chi connectivity index (χ1v) is 10.7. The molecule has 0 atom stereocenters. The Morgan fingerprint density at radius 2 is 1.67 bits per heavy atom. The van der Waals surface area contributed by atoms with Crippen LogP contribution in [0.25, 0.3) is 0 Å². The van der Waals surface area contributed by atoms with Gasteiger partial charge in [-0.05, 0) is 55.9 Å². The lowest BCUT2D eigenvalue weighted by Crippen LogP contribution is -2.04. The average Bonchev–Trinajstić information content (AvgIpc) is 2.58. The fraction of sp³-hybridized carbons (Fsp3) is 0.714. The fourth-order valence-electron chi connectivity index (χ4n) is 2.84. The first kappa shape index (κ1) is 21.5. The SMILES string of the molecule is CCCCCc1cc(Br)ccc1NCCCCCCCOCCC. The normalized spacial score (nSPS) is 11.0. The molecule has 24 heavy (non-hydrogen) atoms. The standard InChI is InChI=1S/C21H36BrNO/c1-3-5-9-12-19-18-20(22)13-14-21(19)23-15-10-7-6-8-11-17-24-16-4-2/h13-14,18,23H,3-12,15-17H2,1-2H3. The predicted octanol–water partition coefficient (Wildman–Crippen LogP) is 6.97. The van der Waals surface area contributed by atoms with Crippen molar-refractivity contribution in [2.24, 2.45) is 0 Å². The molecule has 0 spiro atoms. The van der Waals surface area contributed by atoms with Crippen LogP contribution < -0.4 is 5.32 Å². The van der Waals surface area contributed by atoms with Gasteiger partial charge < -0.3 is 10.1 Å². The summed E-state index contributed by atoms with van der Waals surface area (Å²) >= 11 is 3.60. The lowest BCUT2D eigenvalue weighted by atomic mass is 10.0. The minimum Gasteiger partial charge on any atom is -0.385 e. The number of benzene rings is 1. The van der Waals surface area contributed by atoms with E-state index in [1.807, 2.05) is 0 Å². The summed E-state index contributed by atoms with van der Waals surface area (Å²) in [6.45, 7) is 7.35. The summed E-state index contributed by atoms with van der Waals surface area (Å²) in [5, 5.41) is 3.64. The molecule has 0 aliphatic rings. The van der Waals surface area contributed by atoms with Crippen molar-refractivity contribution in [3.63, 3.8) is 0 Å². The van der Waals surface area contributed by atoms with E-state index in [-0.39, 0.29) is 0 Å². The molecule has 2 nitrogen and oxygen atoms in total. The Labute approximate surface area is 157 Å². The van der Waals surface area contributed by atoms with Gasteiger partial charge in [0.15, 0.2) is 0 Å². The van der Waals surface area contributed by atoms with Crippen LogP contribution in [-0.4, -0.2) is 19.8 Å². The summed E-state index contributed by atoms with van der Waals surface area (Å²) in [6, 6.07) is 6.63. The lowest BCUT2D eigenvalue weighted by Gasteiger charge is -2.13. The molecule has 1 rings (SSSR count). The van der Waals surface area contributed by atoms with E-state index in [0.29, 0.717) is 0 Å². The smallest absolute Gasteiger partial charge is 0.0466 e. The topological polar surface area (TPSA) is 21.3 Å². The van der Waals surface area contributed by atoms with Gasteiger partial charge >= 0.3 is 0 Å². The first-order valence-electron chi connectivity index (χ1n) is 9.88. The summed E-state index contributed by atoms with van der Waals surface area (Å²) in [4.78, 5) is 0. The first-order chi connectivity index (χ1) is 11.8. The van der Waals surface area contributed by atoms with E-state index in [2.05, 4.69) is 53.3 Å². The Balaban J connectivity index is 2.15. The third-order valence-electron chi connectivity index (χ3n) is 4.25. The van der Waals surface area contributed by atoms with Crippen molar-refractivity contribution in [3.8, 4) is 0 Å². The van der Waals surface area contributed by atoms with E-state index < -0.39 is 0 Å². The number of ether oxygens (including phenoxy) is 1. The van der Waals surface area contributed by atoms with Gasteiger partial charge in [0.1, 0.15) is 0 Å². The van der Waals surface area contributed by atoms with Crippen molar-refractivity contribution >= 4 is 21.6 Å². The molecule has 0 aromatic heterocycles. The largest absolute Gasteiger partial charge is 0.385 e. The van der Waals surface area contributed by atoms with Crippen molar-refractivity contribution in [1.82, 2.24) is 0 Å². The Hall–Kier alpha value is -0.540. The quantitative estimate of drug-likeness (QED) is 0.322. The molecule has 0 fully saturated rings. The van der Waals surface area contributed by atoms with Crippen molar-refractivity contribution in [2.75, 3.05) is 25.1 Å². The second-order valence-electron chi connectivity index (χ2n) is 6.57. The monoisotopic (exact) mass is 397 g/mol. The molecule has 0 heterocycles. The molecule has 0 radical (unpaired) electrons. The number of hydrogen-bond acceptors (Lipinski definition) is 2. The highest BCUT2D eigenvalue weighted by atomic mass is 79.9. The molecule has 0 unspecified atom stereocenters. The van der Waals surface area contributed by atoms with Crippen LogP contribution in [-0.2, 0) is 11.2 Å². The fourth-order valence-corrected chi connectivity index (χ4v) is 3.24. The van der Waals surface area contributed by atoms with E-state index in [0.717, 1.165) is 26.2 Å². The van der Waals surface area contributed by atoms with Crippen molar-refractivity contribution < 1.29 is 4.74 Å². The van der Waals surface area contributed by atoms with Crippen LogP contribution in [0.3, 0.4) is 0 Å². The molecule has 0 saturated carbocycles. The Kier molecular flexibility index (Phi) is 13.2. The van der Waals surface area contributed by atoms with E-state index in [1.54, 1.807) is 0 Å².